The minimum absolute atomic E-state index is 0.167. The Morgan fingerprint density at radius 2 is 2.05 bits per heavy atom. The number of sulfonamides is 1. The Balaban J connectivity index is 1.80. The van der Waals surface area contributed by atoms with Crippen LogP contribution in [0.2, 0.25) is 0 Å². The maximum Gasteiger partial charge on any atom is 0.238 e. The highest BCUT2D eigenvalue weighted by Crippen LogP contribution is 2.09. The van der Waals surface area contributed by atoms with Crippen LogP contribution in [0.3, 0.4) is 0 Å². The number of hydrogen-bond donors (Lipinski definition) is 3. The third-order valence-corrected chi connectivity index (χ3v) is 4.32. The Bertz CT molecular complexity index is 493. The van der Waals surface area contributed by atoms with Gasteiger partial charge in [0.2, 0.25) is 10.0 Å². The fourth-order valence-electron chi connectivity index (χ4n) is 2.29. The fourth-order valence-corrected chi connectivity index (χ4v) is 2.81. The summed E-state index contributed by atoms with van der Waals surface area (Å²) in [5, 5.41) is 11.9. The highest BCUT2D eigenvalue weighted by Gasteiger charge is 2.11. The Morgan fingerprint density at radius 3 is 2.63 bits per heavy atom. The molecule has 1 aromatic carbocycles. The van der Waals surface area contributed by atoms with Gasteiger partial charge in [0, 0.05) is 12.6 Å². The maximum absolute atomic E-state index is 11.1. The summed E-state index contributed by atoms with van der Waals surface area (Å²) in [5.41, 5.74) is 1.11. The quantitative estimate of drug-likeness (QED) is 0.721. The molecular weight excluding hydrogens is 262 g/mol. The van der Waals surface area contributed by atoms with Gasteiger partial charge in [0.05, 0.1) is 4.90 Å². The van der Waals surface area contributed by atoms with Crippen molar-refractivity contribution in [1.29, 1.82) is 0 Å². The number of primary sulfonamides is 1. The fraction of sp³-hybridized carbons (Fsp3) is 0.538. The lowest BCUT2D eigenvalue weighted by Gasteiger charge is -2.23. The minimum atomic E-state index is -3.58. The van der Waals surface area contributed by atoms with Crippen molar-refractivity contribution in [2.75, 3.05) is 19.6 Å². The zero-order valence-corrected chi connectivity index (χ0v) is 11.7. The van der Waals surface area contributed by atoms with Crippen molar-refractivity contribution in [3.63, 3.8) is 0 Å². The van der Waals surface area contributed by atoms with Crippen LogP contribution in [0.25, 0.3) is 0 Å². The molecule has 0 aliphatic carbocycles. The molecule has 5 nitrogen and oxygen atoms in total. The van der Waals surface area contributed by atoms with Crippen LogP contribution in [0.5, 0.6) is 0 Å². The van der Waals surface area contributed by atoms with Crippen LogP contribution in [0, 0.1) is 0 Å². The molecule has 0 saturated carbocycles. The summed E-state index contributed by atoms with van der Waals surface area (Å²) >= 11 is 0. The van der Waals surface area contributed by atoms with E-state index in [1.165, 1.54) is 12.8 Å². The minimum Gasteiger partial charge on any atom is -0.315 e. The van der Waals surface area contributed by atoms with Crippen molar-refractivity contribution in [1.82, 2.24) is 10.6 Å². The van der Waals surface area contributed by atoms with Crippen LogP contribution in [0.15, 0.2) is 29.2 Å². The van der Waals surface area contributed by atoms with E-state index in [0.717, 1.165) is 31.6 Å². The van der Waals surface area contributed by atoms with Gasteiger partial charge in [0.15, 0.2) is 0 Å². The summed E-state index contributed by atoms with van der Waals surface area (Å²) in [7, 11) is -3.58. The molecule has 0 spiro atoms. The lowest BCUT2D eigenvalue weighted by Crippen LogP contribution is -2.43. The summed E-state index contributed by atoms with van der Waals surface area (Å²) in [6.45, 7) is 3.05. The third kappa shape index (κ3) is 4.58. The van der Waals surface area contributed by atoms with Gasteiger partial charge in [-0.2, -0.15) is 0 Å². The van der Waals surface area contributed by atoms with E-state index in [4.69, 9.17) is 5.14 Å². The normalized spacial score (nSPS) is 20.4. The van der Waals surface area contributed by atoms with Crippen molar-refractivity contribution in [3.8, 4) is 0 Å². The predicted octanol–water partition coefficient (Wildman–Crippen LogP) is 0.218. The van der Waals surface area contributed by atoms with Gasteiger partial charge in [-0.1, -0.05) is 12.1 Å². The number of nitrogens with two attached hydrogens (primary N) is 1. The molecular formula is C13H21N3O2S. The number of nitrogens with one attached hydrogen (secondary N) is 2. The maximum atomic E-state index is 11.1. The van der Waals surface area contributed by atoms with E-state index >= 15 is 0 Å². The molecule has 6 heteroatoms. The van der Waals surface area contributed by atoms with Crippen LogP contribution in [-0.4, -0.2) is 34.1 Å². The predicted molar refractivity (Wildman–Crippen MR) is 75.4 cm³/mol. The third-order valence-electron chi connectivity index (χ3n) is 3.40. The van der Waals surface area contributed by atoms with Crippen LogP contribution in [0.1, 0.15) is 18.4 Å². The van der Waals surface area contributed by atoms with E-state index in [0.29, 0.717) is 6.04 Å². The van der Waals surface area contributed by atoms with E-state index in [9.17, 15) is 8.42 Å². The van der Waals surface area contributed by atoms with E-state index in [1.54, 1.807) is 12.1 Å². The van der Waals surface area contributed by atoms with E-state index in [2.05, 4.69) is 10.6 Å². The first-order chi connectivity index (χ1) is 9.05. The molecule has 0 aromatic heterocycles. The summed E-state index contributed by atoms with van der Waals surface area (Å²) in [6, 6.07) is 7.32. The van der Waals surface area contributed by atoms with Gasteiger partial charge in [-0.25, -0.2) is 13.6 Å². The van der Waals surface area contributed by atoms with Crippen molar-refractivity contribution < 1.29 is 8.42 Å². The number of piperidine rings is 1. The lowest BCUT2D eigenvalue weighted by atomic mass is 10.1. The topological polar surface area (TPSA) is 84.2 Å². The molecule has 1 unspecified atom stereocenters. The van der Waals surface area contributed by atoms with E-state index in [-0.39, 0.29) is 4.90 Å². The molecule has 0 amide bonds. The number of benzene rings is 1. The molecule has 2 rings (SSSR count). The molecule has 1 atom stereocenters. The highest BCUT2D eigenvalue weighted by atomic mass is 32.2. The molecule has 0 radical (unpaired) electrons. The zero-order chi connectivity index (χ0) is 13.7. The van der Waals surface area contributed by atoms with Gasteiger partial charge in [-0.05, 0) is 50.0 Å². The number of hydrogen-bond acceptors (Lipinski definition) is 4. The van der Waals surface area contributed by atoms with Gasteiger partial charge in [-0.3, -0.25) is 0 Å². The molecule has 19 heavy (non-hydrogen) atoms. The SMILES string of the molecule is NS(=O)(=O)c1ccc(CCNC2CCCNC2)cc1. The van der Waals surface area contributed by atoms with Crippen LogP contribution < -0.4 is 15.8 Å². The van der Waals surface area contributed by atoms with E-state index < -0.39 is 10.0 Å². The molecule has 1 saturated heterocycles. The van der Waals surface area contributed by atoms with E-state index in [1.807, 2.05) is 12.1 Å². The average molecular weight is 283 g/mol. The second kappa shape index (κ2) is 6.47. The Morgan fingerprint density at radius 1 is 1.32 bits per heavy atom. The second-order valence-electron chi connectivity index (χ2n) is 4.94. The zero-order valence-electron chi connectivity index (χ0n) is 10.9. The van der Waals surface area contributed by atoms with Gasteiger partial charge in [0.1, 0.15) is 0 Å². The van der Waals surface area contributed by atoms with Gasteiger partial charge in [-0.15, -0.1) is 0 Å². The average Bonchev–Trinajstić information content (AvgIpc) is 2.39. The Kier molecular flexibility index (Phi) is 4.93. The van der Waals surface area contributed by atoms with Crippen LogP contribution in [-0.2, 0) is 16.4 Å². The molecule has 0 bridgehead atoms. The lowest BCUT2D eigenvalue weighted by molar-refractivity contribution is 0.392. The van der Waals surface area contributed by atoms with Gasteiger partial charge < -0.3 is 10.6 Å². The molecule has 4 N–H and O–H groups in total. The van der Waals surface area contributed by atoms with Crippen molar-refractivity contribution in [2.24, 2.45) is 5.14 Å². The first-order valence-corrected chi connectivity index (χ1v) is 8.16. The summed E-state index contributed by atoms with van der Waals surface area (Å²) in [5.74, 6) is 0. The Labute approximate surface area is 114 Å². The van der Waals surface area contributed by atoms with Crippen LogP contribution >= 0.6 is 0 Å². The van der Waals surface area contributed by atoms with Crippen molar-refractivity contribution in [2.45, 2.75) is 30.2 Å². The Hall–Kier alpha value is -0.950. The van der Waals surface area contributed by atoms with Gasteiger partial charge in [0.25, 0.3) is 0 Å². The molecule has 1 aliphatic rings. The van der Waals surface area contributed by atoms with Crippen molar-refractivity contribution >= 4 is 10.0 Å². The smallest absolute Gasteiger partial charge is 0.238 e. The largest absolute Gasteiger partial charge is 0.315 e. The second-order valence-corrected chi connectivity index (χ2v) is 6.50. The number of rotatable bonds is 5. The first kappa shape index (κ1) is 14.5. The van der Waals surface area contributed by atoms with Crippen molar-refractivity contribution in [3.05, 3.63) is 29.8 Å². The summed E-state index contributed by atoms with van der Waals surface area (Å²) < 4.78 is 22.2. The molecule has 106 valence electrons. The monoisotopic (exact) mass is 283 g/mol. The summed E-state index contributed by atoms with van der Waals surface area (Å²) in [4.78, 5) is 0.167. The molecule has 1 fully saturated rings. The highest BCUT2D eigenvalue weighted by molar-refractivity contribution is 7.89. The summed E-state index contributed by atoms with van der Waals surface area (Å²) in [6.07, 6.45) is 3.33. The standard InChI is InChI=1S/C13H21N3O2S/c14-19(17,18)13-5-3-11(4-6-13)7-9-16-12-2-1-8-15-10-12/h3-6,12,15-16H,1-2,7-10H2,(H2,14,17,18). The molecule has 1 aliphatic heterocycles. The molecule has 1 aromatic rings. The molecule has 1 heterocycles. The first-order valence-electron chi connectivity index (χ1n) is 6.61. The van der Waals surface area contributed by atoms with Crippen LogP contribution in [0.4, 0.5) is 0 Å². The van der Waals surface area contributed by atoms with Gasteiger partial charge >= 0.3 is 0 Å².